The highest BCUT2D eigenvalue weighted by Gasteiger charge is 2.26. The molecule has 1 amide bonds. The summed E-state index contributed by atoms with van der Waals surface area (Å²) in [7, 11) is 0. The molecule has 1 N–H and O–H groups in total. The van der Waals surface area contributed by atoms with Gasteiger partial charge in [0.25, 0.3) is 11.5 Å². The third-order valence-corrected chi connectivity index (χ3v) is 6.72. The van der Waals surface area contributed by atoms with E-state index >= 15 is 0 Å². The molecular formula is C26H24N4O3S. The van der Waals surface area contributed by atoms with Gasteiger partial charge in [-0.1, -0.05) is 42.1 Å². The van der Waals surface area contributed by atoms with Crippen LogP contribution in [0.4, 0.5) is 0 Å². The normalized spacial score (nSPS) is 15.5. The van der Waals surface area contributed by atoms with Gasteiger partial charge in [-0.2, -0.15) is 0 Å². The topological polar surface area (TPSA) is 88.2 Å². The Balaban J connectivity index is 1.47. The minimum absolute atomic E-state index is 0.0435. The van der Waals surface area contributed by atoms with Crippen LogP contribution in [0.2, 0.25) is 0 Å². The van der Waals surface area contributed by atoms with E-state index in [9.17, 15) is 9.59 Å². The van der Waals surface area contributed by atoms with Crippen molar-refractivity contribution in [1.29, 1.82) is 0 Å². The highest BCUT2D eigenvalue weighted by Crippen LogP contribution is 2.29. The highest BCUT2D eigenvalue weighted by molar-refractivity contribution is 7.99. The summed E-state index contributed by atoms with van der Waals surface area (Å²) in [5, 5.41) is 1.16. The van der Waals surface area contributed by atoms with E-state index in [1.165, 1.54) is 11.8 Å². The minimum Gasteiger partial charge on any atom is -0.376 e. The number of ether oxygens (including phenoxy) is 1. The SMILES string of the molecule is O=C(c1cccnc1Sc1ccccc1)N(Cc1nc2ccccc2c(=O)[nH]1)C[C@H]1CCCO1. The Kier molecular flexibility index (Phi) is 6.69. The van der Waals surface area contributed by atoms with E-state index in [1.54, 1.807) is 41.4 Å². The van der Waals surface area contributed by atoms with Crippen LogP contribution in [0.25, 0.3) is 10.9 Å². The number of H-pyrrole nitrogens is 1. The number of benzene rings is 2. The number of amides is 1. The largest absolute Gasteiger partial charge is 0.376 e. The van der Waals surface area contributed by atoms with E-state index in [0.717, 1.165) is 17.7 Å². The van der Waals surface area contributed by atoms with Gasteiger partial charge in [-0.25, -0.2) is 9.97 Å². The molecule has 8 heteroatoms. The molecule has 0 aliphatic carbocycles. The Bertz CT molecular complexity index is 1350. The van der Waals surface area contributed by atoms with Crippen LogP contribution in [-0.2, 0) is 11.3 Å². The maximum absolute atomic E-state index is 13.8. The smallest absolute Gasteiger partial charge is 0.258 e. The summed E-state index contributed by atoms with van der Waals surface area (Å²) < 4.78 is 5.82. The van der Waals surface area contributed by atoms with Crippen LogP contribution in [0.1, 0.15) is 29.0 Å². The first-order valence-electron chi connectivity index (χ1n) is 11.2. The molecule has 2 aromatic heterocycles. The molecule has 1 aliphatic rings. The van der Waals surface area contributed by atoms with Gasteiger partial charge in [0.15, 0.2) is 0 Å². The molecule has 5 rings (SSSR count). The number of carbonyl (C=O) groups excluding carboxylic acids is 1. The van der Waals surface area contributed by atoms with E-state index in [-0.39, 0.29) is 24.1 Å². The number of para-hydroxylation sites is 1. The van der Waals surface area contributed by atoms with Crippen molar-refractivity contribution < 1.29 is 9.53 Å². The second-order valence-corrected chi connectivity index (χ2v) is 9.18. The van der Waals surface area contributed by atoms with Crippen molar-refractivity contribution in [3.63, 3.8) is 0 Å². The fourth-order valence-electron chi connectivity index (χ4n) is 4.05. The van der Waals surface area contributed by atoms with Crippen LogP contribution < -0.4 is 5.56 Å². The summed E-state index contributed by atoms with van der Waals surface area (Å²) in [4.78, 5) is 41.0. The average molecular weight is 473 g/mol. The summed E-state index contributed by atoms with van der Waals surface area (Å²) in [6.45, 7) is 1.28. The first-order chi connectivity index (χ1) is 16.7. The number of pyridine rings is 1. The fourth-order valence-corrected chi connectivity index (χ4v) is 4.94. The number of aromatic nitrogens is 3. The van der Waals surface area contributed by atoms with Gasteiger partial charge in [0.1, 0.15) is 10.9 Å². The number of hydrogen-bond acceptors (Lipinski definition) is 6. The van der Waals surface area contributed by atoms with Gasteiger partial charge in [-0.3, -0.25) is 9.59 Å². The van der Waals surface area contributed by atoms with Gasteiger partial charge >= 0.3 is 0 Å². The molecule has 0 spiro atoms. The van der Waals surface area contributed by atoms with Gasteiger partial charge in [-0.05, 0) is 49.2 Å². The number of nitrogens with zero attached hydrogens (tertiary/aromatic N) is 3. The van der Waals surface area contributed by atoms with Crippen LogP contribution >= 0.6 is 11.8 Å². The molecule has 0 bridgehead atoms. The van der Waals surface area contributed by atoms with Crippen LogP contribution in [0, 0.1) is 0 Å². The molecule has 172 valence electrons. The van der Waals surface area contributed by atoms with E-state index < -0.39 is 0 Å². The second kappa shape index (κ2) is 10.2. The summed E-state index contributed by atoms with van der Waals surface area (Å²) >= 11 is 1.45. The highest BCUT2D eigenvalue weighted by atomic mass is 32.2. The number of aromatic amines is 1. The van der Waals surface area contributed by atoms with Crippen molar-refractivity contribution in [2.24, 2.45) is 0 Å². The first-order valence-corrected chi connectivity index (χ1v) is 12.1. The lowest BCUT2D eigenvalue weighted by molar-refractivity contribution is 0.0498. The lowest BCUT2D eigenvalue weighted by Crippen LogP contribution is -2.38. The van der Waals surface area contributed by atoms with Gasteiger partial charge in [-0.15, -0.1) is 0 Å². The predicted octanol–water partition coefficient (Wildman–Crippen LogP) is 4.29. The van der Waals surface area contributed by atoms with Crippen molar-refractivity contribution in [3.05, 3.63) is 94.7 Å². The average Bonchev–Trinajstić information content (AvgIpc) is 3.37. The maximum Gasteiger partial charge on any atom is 0.258 e. The zero-order valence-electron chi connectivity index (χ0n) is 18.5. The van der Waals surface area contributed by atoms with Crippen molar-refractivity contribution in [2.75, 3.05) is 13.2 Å². The van der Waals surface area contributed by atoms with E-state index in [0.29, 0.717) is 40.5 Å². The Morgan fingerprint density at radius 2 is 1.91 bits per heavy atom. The lowest BCUT2D eigenvalue weighted by Gasteiger charge is -2.25. The van der Waals surface area contributed by atoms with Crippen molar-refractivity contribution in [1.82, 2.24) is 19.9 Å². The van der Waals surface area contributed by atoms with Crippen LogP contribution in [0.15, 0.2) is 87.6 Å². The molecule has 34 heavy (non-hydrogen) atoms. The standard InChI is InChI=1S/C26H24N4O3S/c31-24-20-11-4-5-13-22(20)28-23(29-24)17-30(16-18-8-7-15-33-18)26(32)21-12-6-14-27-25(21)34-19-9-2-1-3-10-19/h1-6,9-14,18H,7-8,15-17H2,(H,28,29,31)/t18-/m1/s1. The molecule has 7 nitrogen and oxygen atoms in total. The number of nitrogens with one attached hydrogen (secondary N) is 1. The maximum atomic E-state index is 13.8. The van der Waals surface area contributed by atoms with Crippen molar-refractivity contribution in [3.8, 4) is 0 Å². The molecule has 1 atom stereocenters. The Morgan fingerprint density at radius 3 is 2.74 bits per heavy atom. The number of carbonyl (C=O) groups is 1. The van der Waals surface area contributed by atoms with Crippen molar-refractivity contribution >= 4 is 28.6 Å². The minimum atomic E-state index is -0.216. The number of rotatable bonds is 7. The Labute approximate surface area is 201 Å². The predicted molar refractivity (Wildman–Crippen MR) is 131 cm³/mol. The summed E-state index contributed by atoms with van der Waals surface area (Å²) in [6, 6.07) is 20.6. The van der Waals surface area contributed by atoms with E-state index in [4.69, 9.17) is 4.74 Å². The zero-order chi connectivity index (χ0) is 23.3. The van der Waals surface area contributed by atoms with Gasteiger partial charge in [0.2, 0.25) is 0 Å². The Hall–Kier alpha value is -3.49. The van der Waals surface area contributed by atoms with Crippen molar-refractivity contribution in [2.45, 2.75) is 35.4 Å². The monoisotopic (exact) mass is 472 g/mol. The molecule has 2 aromatic carbocycles. The quantitative estimate of drug-likeness (QED) is 0.432. The summed E-state index contributed by atoms with van der Waals surface area (Å²) in [6.07, 6.45) is 3.51. The molecule has 3 heterocycles. The van der Waals surface area contributed by atoms with Crippen LogP contribution in [0.5, 0.6) is 0 Å². The third-order valence-electron chi connectivity index (χ3n) is 5.70. The molecule has 1 saturated heterocycles. The van der Waals surface area contributed by atoms with Crippen LogP contribution in [-0.4, -0.2) is 45.0 Å². The molecular weight excluding hydrogens is 448 g/mol. The van der Waals surface area contributed by atoms with Gasteiger partial charge in [0.05, 0.1) is 29.1 Å². The lowest BCUT2D eigenvalue weighted by atomic mass is 10.2. The molecule has 0 saturated carbocycles. The first kappa shape index (κ1) is 22.3. The molecule has 1 aliphatic heterocycles. The molecule has 0 radical (unpaired) electrons. The fraction of sp³-hybridized carbons (Fsp3) is 0.231. The zero-order valence-corrected chi connectivity index (χ0v) is 19.3. The van der Waals surface area contributed by atoms with E-state index in [1.807, 2.05) is 36.4 Å². The Morgan fingerprint density at radius 1 is 1.09 bits per heavy atom. The summed E-state index contributed by atoms with van der Waals surface area (Å²) in [5.74, 6) is 0.272. The molecule has 1 fully saturated rings. The number of hydrogen-bond donors (Lipinski definition) is 1. The number of fused-ring (bicyclic) bond motifs is 1. The van der Waals surface area contributed by atoms with Gasteiger partial charge < -0.3 is 14.6 Å². The molecule has 0 unspecified atom stereocenters. The second-order valence-electron chi connectivity index (χ2n) is 8.12. The van der Waals surface area contributed by atoms with Crippen LogP contribution in [0.3, 0.4) is 0 Å². The summed E-state index contributed by atoms with van der Waals surface area (Å²) in [5.41, 5.74) is 0.900. The third kappa shape index (κ3) is 5.03. The van der Waals surface area contributed by atoms with E-state index in [2.05, 4.69) is 15.0 Å². The van der Waals surface area contributed by atoms with Gasteiger partial charge in [0, 0.05) is 24.2 Å². The molecule has 4 aromatic rings.